The van der Waals surface area contributed by atoms with Gasteiger partial charge in [0.15, 0.2) is 0 Å². The van der Waals surface area contributed by atoms with Crippen LogP contribution < -0.4 is 4.90 Å². The fourth-order valence-corrected chi connectivity index (χ4v) is 3.67. The highest BCUT2D eigenvalue weighted by Crippen LogP contribution is 2.42. The van der Waals surface area contributed by atoms with E-state index in [9.17, 15) is 0 Å². The van der Waals surface area contributed by atoms with Gasteiger partial charge in [0.1, 0.15) is 0 Å². The van der Waals surface area contributed by atoms with Crippen molar-refractivity contribution in [2.75, 3.05) is 4.90 Å². The van der Waals surface area contributed by atoms with Crippen LogP contribution in [0.3, 0.4) is 0 Å². The Balaban J connectivity index is 1.95. The van der Waals surface area contributed by atoms with E-state index in [-0.39, 0.29) is 5.54 Å². The quantitative estimate of drug-likeness (QED) is 0.393. The lowest BCUT2D eigenvalue weighted by Gasteiger charge is -2.40. The molecule has 3 nitrogen and oxygen atoms in total. The molecule has 2 aromatic carbocycles. The highest BCUT2D eigenvalue weighted by Gasteiger charge is 2.28. The zero-order valence-corrected chi connectivity index (χ0v) is 17.1. The Kier molecular flexibility index (Phi) is 5.13. The van der Waals surface area contributed by atoms with E-state index in [4.69, 9.17) is 0 Å². The zero-order chi connectivity index (χ0) is 20.3. The summed E-state index contributed by atoms with van der Waals surface area (Å²) < 4.78 is 0. The third-order valence-corrected chi connectivity index (χ3v) is 4.84. The van der Waals surface area contributed by atoms with Crippen LogP contribution in [-0.4, -0.2) is 15.5 Å². The fourth-order valence-electron chi connectivity index (χ4n) is 3.67. The van der Waals surface area contributed by atoms with E-state index in [0.29, 0.717) is 0 Å². The van der Waals surface area contributed by atoms with Crippen LogP contribution in [0.25, 0.3) is 22.5 Å². The lowest BCUT2D eigenvalue weighted by atomic mass is 9.97. The summed E-state index contributed by atoms with van der Waals surface area (Å²) in [5, 5.41) is 0. The summed E-state index contributed by atoms with van der Waals surface area (Å²) in [6, 6.07) is 29.0. The van der Waals surface area contributed by atoms with E-state index in [1.165, 1.54) is 0 Å². The van der Waals surface area contributed by atoms with E-state index < -0.39 is 0 Å². The van der Waals surface area contributed by atoms with Gasteiger partial charge in [0.2, 0.25) is 0 Å². The molecule has 0 saturated carbocycles. The molecule has 0 unspecified atom stereocenters. The molecule has 4 aromatic rings. The molecule has 0 fully saturated rings. The molecule has 0 aliphatic heterocycles. The molecule has 0 atom stereocenters. The minimum Gasteiger partial charge on any atom is -0.335 e. The van der Waals surface area contributed by atoms with E-state index in [2.05, 4.69) is 96.3 Å². The minimum atomic E-state index is -0.157. The van der Waals surface area contributed by atoms with E-state index in [1.807, 2.05) is 36.7 Å². The van der Waals surface area contributed by atoms with Crippen LogP contribution >= 0.6 is 0 Å². The summed E-state index contributed by atoms with van der Waals surface area (Å²) in [6.45, 7) is 6.70. The van der Waals surface area contributed by atoms with Gasteiger partial charge in [-0.2, -0.15) is 0 Å². The van der Waals surface area contributed by atoms with Crippen LogP contribution in [0, 0.1) is 0 Å². The van der Waals surface area contributed by atoms with Crippen molar-refractivity contribution in [3.63, 3.8) is 0 Å². The monoisotopic (exact) mass is 379 g/mol. The largest absolute Gasteiger partial charge is 0.335 e. The fraction of sp³-hybridized carbons (Fsp3) is 0.154. The molecule has 2 aromatic heterocycles. The van der Waals surface area contributed by atoms with Crippen molar-refractivity contribution in [2.24, 2.45) is 0 Å². The van der Waals surface area contributed by atoms with E-state index >= 15 is 0 Å². The number of nitrogens with zero attached hydrogens (tertiary/aromatic N) is 3. The lowest BCUT2D eigenvalue weighted by molar-refractivity contribution is 0.561. The maximum atomic E-state index is 4.61. The number of anilines is 2. The second kappa shape index (κ2) is 7.88. The first-order chi connectivity index (χ1) is 14.1. The summed E-state index contributed by atoms with van der Waals surface area (Å²) in [6.07, 6.45) is 3.69. The van der Waals surface area contributed by atoms with E-state index in [1.54, 1.807) is 0 Å². The Morgan fingerprint density at radius 1 is 0.552 bits per heavy atom. The number of rotatable bonds is 4. The van der Waals surface area contributed by atoms with Crippen molar-refractivity contribution in [1.29, 1.82) is 0 Å². The summed E-state index contributed by atoms with van der Waals surface area (Å²) in [7, 11) is 0. The molecule has 0 N–H and O–H groups in total. The van der Waals surface area contributed by atoms with E-state index in [0.717, 1.165) is 33.9 Å². The molecular weight excluding hydrogens is 354 g/mol. The molecule has 4 rings (SSSR count). The normalized spacial score (nSPS) is 11.3. The first-order valence-electron chi connectivity index (χ1n) is 9.87. The second-order valence-electron chi connectivity index (χ2n) is 7.97. The maximum Gasteiger partial charge on any atom is 0.0722 e. The Morgan fingerprint density at radius 3 is 1.34 bits per heavy atom. The van der Waals surface area contributed by atoms with Gasteiger partial charge in [-0.15, -0.1) is 0 Å². The summed E-state index contributed by atoms with van der Waals surface area (Å²) >= 11 is 0. The van der Waals surface area contributed by atoms with Crippen LogP contribution in [0.1, 0.15) is 20.8 Å². The molecule has 29 heavy (non-hydrogen) atoms. The molecule has 0 aliphatic carbocycles. The van der Waals surface area contributed by atoms with Crippen molar-refractivity contribution >= 4 is 11.4 Å². The van der Waals surface area contributed by atoms with Gasteiger partial charge in [0, 0.05) is 29.1 Å². The molecule has 0 aliphatic rings. The number of pyridine rings is 2. The predicted octanol–water partition coefficient (Wildman–Crippen LogP) is 6.75. The average molecular weight is 380 g/mol. The van der Waals surface area contributed by atoms with Gasteiger partial charge < -0.3 is 4.90 Å². The zero-order valence-electron chi connectivity index (χ0n) is 17.1. The number of aromatic nitrogens is 2. The van der Waals surface area contributed by atoms with Gasteiger partial charge >= 0.3 is 0 Å². The Bertz CT molecular complexity index is 1000. The highest BCUT2D eigenvalue weighted by molar-refractivity contribution is 5.87. The van der Waals surface area contributed by atoms with Crippen LogP contribution in [0.4, 0.5) is 11.4 Å². The molecule has 0 bridgehead atoms. The number of hydrogen-bond acceptors (Lipinski definition) is 3. The van der Waals surface area contributed by atoms with Crippen molar-refractivity contribution in [2.45, 2.75) is 26.3 Å². The van der Waals surface area contributed by atoms with Crippen molar-refractivity contribution < 1.29 is 0 Å². The van der Waals surface area contributed by atoms with Gasteiger partial charge in [-0.1, -0.05) is 48.5 Å². The summed E-state index contributed by atoms with van der Waals surface area (Å²) in [5.41, 5.74) is 6.25. The molecule has 144 valence electrons. The number of benzene rings is 2. The third kappa shape index (κ3) is 3.90. The Labute approximate surface area is 172 Å². The SMILES string of the molecule is CC(C)(C)N(c1ccccc1-c1ccccn1)c1ccccc1-c1ccccn1. The molecule has 2 heterocycles. The number of para-hydroxylation sites is 2. The van der Waals surface area contributed by atoms with Crippen molar-refractivity contribution in [3.05, 3.63) is 97.3 Å². The summed E-state index contributed by atoms with van der Waals surface area (Å²) in [5.74, 6) is 0. The van der Waals surface area contributed by atoms with Crippen LogP contribution in [0.5, 0.6) is 0 Å². The van der Waals surface area contributed by atoms with Crippen molar-refractivity contribution in [3.8, 4) is 22.5 Å². The highest BCUT2D eigenvalue weighted by atomic mass is 15.2. The molecule has 0 amide bonds. The van der Waals surface area contributed by atoms with Crippen LogP contribution in [0.2, 0.25) is 0 Å². The molecular formula is C26H25N3. The van der Waals surface area contributed by atoms with Crippen molar-refractivity contribution in [1.82, 2.24) is 9.97 Å². The molecule has 0 radical (unpaired) electrons. The van der Waals surface area contributed by atoms with Gasteiger partial charge in [-0.25, -0.2) is 0 Å². The summed E-state index contributed by atoms with van der Waals surface area (Å²) in [4.78, 5) is 11.6. The second-order valence-corrected chi connectivity index (χ2v) is 7.97. The standard InChI is InChI=1S/C26H25N3/c1-26(2,3)29(24-16-6-4-12-20(24)22-14-8-10-18-27-22)25-17-7-5-13-21(25)23-15-9-11-19-28-23/h4-19H,1-3H3. The number of hydrogen-bond donors (Lipinski definition) is 0. The predicted molar refractivity (Wildman–Crippen MR) is 121 cm³/mol. The topological polar surface area (TPSA) is 29.0 Å². The molecule has 3 heteroatoms. The first kappa shape index (κ1) is 18.9. The minimum absolute atomic E-state index is 0.157. The van der Waals surface area contributed by atoms with Gasteiger partial charge in [-0.05, 0) is 57.2 Å². The average Bonchev–Trinajstić information content (AvgIpc) is 2.75. The maximum absolute atomic E-state index is 4.61. The van der Waals surface area contributed by atoms with Gasteiger partial charge in [0.25, 0.3) is 0 Å². The Morgan fingerprint density at radius 2 is 0.966 bits per heavy atom. The smallest absolute Gasteiger partial charge is 0.0722 e. The third-order valence-electron chi connectivity index (χ3n) is 4.84. The molecule has 0 saturated heterocycles. The van der Waals surface area contributed by atoms with Gasteiger partial charge in [0.05, 0.1) is 22.8 Å². The van der Waals surface area contributed by atoms with Gasteiger partial charge in [-0.3, -0.25) is 9.97 Å². The van der Waals surface area contributed by atoms with Crippen LogP contribution in [-0.2, 0) is 0 Å². The first-order valence-corrected chi connectivity index (χ1v) is 9.87. The van der Waals surface area contributed by atoms with Crippen LogP contribution in [0.15, 0.2) is 97.3 Å². The lowest BCUT2D eigenvalue weighted by Crippen LogP contribution is -2.38. The Hall–Kier alpha value is -3.46. The molecule has 0 spiro atoms.